The average Bonchev–Trinajstić information content (AvgIpc) is 3.60. The fourth-order valence-corrected chi connectivity index (χ4v) is 5.84. The van der Waals surface area contributed by atoms with Gasteiger partial charge in [-0.15, -0.1) is 0 Å². The highest BCUT2D eigenvalue weighted by Gasteiger charge is 2.29. The van der Waals surface area contributed by atoms with Gasteiger partial charge in [0.15, 0.2) is 11.2 Å². The number of alkyl halides is 2. The number of furan rings is 1. The standard InChI is InChI=1S/C31H25F2N5O5S/c1-17-6-8-18(9-7-17)28-27(30(39)34-2)21-14-20(23(15-25(21)42-28)38(16-26(32)33)44(3,40)41)22-13-19(10-12-35-22)31-37-29-24(43-31)5-4-11-36-29/h4-15,26H,16H2,1-3H3,(H,34,39). The Morgan fingerprint density at radius 2 is 1.75 bits per heavy atom. The molecule has 0 fully saturated rings. The van der Waals surface area contributed by atoms with E-state index < -0.39 is 28.9 Å². The Morgan fingerprint density at radius 3 is 2.43 bits per heavy atom. The molecule has 1 amide bonds. The number of nitrogens with one attached hydrogen (secondary N) is 1. The van der Waals surface area contributed by atoms with Crippen molar-refractivity contribution in [3.05, 3.63) is 84.2 Å². The van der Waals surface area contributed by atoms with Crippen molar-refractivity contribution in [2.75, 3.05) is 24.2 Å². The number of benzene rings is 2. The van der Waals surface area contributed by atoms with Gasteiger partial charge < -0.3 is 14.2 Å². The summed E-state index contributed by atoms with van der Waals surface area (Å²) in [6, 6.07) is 16.8. The summed E-state index contributed by atoms with van der Waals surface area (Å²) in [5, 5.41) is 2.96. The smallest absolute Gasteiger partial charge is 0.257 e. The maximum atomic E-state index is 13.8. The van der Waals surface area contributed by atoms with Gasteiger partial charge in [0.05, 0.1) is 29.7 Å². The summed E-state index contributed by atoms with van der Waals surface area (Å²) in [4.78, 5) is 26.3. The van der Waals surface area contributed by atoms with Crippen molar-refractivity contribution in [1.29, 1.82) is 0 Å². The van der Waals surface area contributed by atoms with Crippen molar-refractivity contribution in [2.45, 2.75) is 13.3 Å². The molecule has 0 saturated carbocycles. The van der Waals surface area contributed by atoms with Crippen molar-refractivity contribution in [2.24, 2.45) is 0 Å². The van der Waals surface area contributed by atoms with Gasteiger partial charge in [0.1, 0.15) is 11.3 Å². The first-order chi connectivity index (χ1) is 21.0. The van der Waals surface area contributed by atoms with E-state index in [4.69, 9.17) is 8.83 Å². The van der Waals surface area contributed by atoms with E-state index in [9.17, 15) is 22.0 Å². The van der Waals surface area contributed by atoms with Crippen molar-refractivity contribution in [1.82, 2.24) is 20.3 Å². The van der Waals surface area contributed by atoms with Gasteiger partial charge in [-0.3, -0.25) is 14.1 Å². The lowest BCUT2D eigenvalue weighted by molar-refractivity contribution is 0.0964. The molecule has 2 aromatic carbocycles. The number of carbonyl (C=O) groups is 1. The Kier molecular flexibility index (Phi) is 7.33. The molecular formula is C31H25F2N5O5S. The summed E-state index contributed by atoms with van der Waals surface area (Å²) >= 11 is 0. The van der Waals surface area contributed by atoms with Gasteiger partial charge in [0, 0.05) is 47.6 Å². The first-order valence-electron chi connectivity index (χ1n) is 13.4. The molecule has 224 valence electrons. The van der Waals surface area contributed by atoms with E-state index in [1.165, 1.54) is 25.4 Å². The number of carbonyl (C=O) groups excluding carboxylic acids is 1. The van der Waals surface area contributed by atoms with Crippen LogP contribution in [0, 0.1) is 6.92 Å². The summed E-state index contributed by atoms with van der Waals surface area (Å²) in [5.74, 6) is 0.0164. The molecule has 6 aromatic rings. The number of sulfonamides is 1. The number of hydrogen-bond acceptors (Lipinski definition) is 8. The Morgan fingerprint density at radius 1 is 0.977 bits per heavy atom. The van der Waals surface area contributed by atoms with E-state index in [0.717, 1.165) is 11.8 Å². The first kappa shape index (κ1) is 28.9. The van der Waals surface area contributed by atoms with Crippen LogP contribution in [0.15, 0.2) is 81.9 Å². The number of amides is 1. The predicted octanol–water partition coefficient (Wildman–Crippen LogP) is 6.06. The topological polar surface area (TPSA) is 131 Å². The number of rotatable bonds is 8. The maximum absolute atomic E-state index is 13.8. The van der Waals surface area contributed by atoms with Crippen LogP contribution in [0.5, 0.6) is 0 Å². The van der Waals surface area contributed by atoms with Gasteiger partial charge in [-0.2, -0.15) is 4.98 Å². The van der Waals surface area contributed by atoms with Crippen LogP contribution in [-0.4, -0.2) is 55.6 Å². The molecule has 4 aromatic heterocycles. The number of anilines is 1. The molecule has 0 bridgehead atoms. The highest BCUT2D eigenvalue weighted by atomic mass is 32.2. The SMILES string of the molecule is CNC(=O)c1c(-c2ccc(C)cc2)oc2cc(N(CC(F)F)S(C)(=O)=O)c(-c3cc(-c4nc5ncccc5o4)ccn3)cc12. The van der Waals surface area contributed by atoms with E-state index in [0.29, 0.717) is 32.0 Å². The summed E-state index contributed by atoms with van der Waals surface area (Å²) in [6.45, 7) is 0.809. The molecule has 0 aliphatic rings. The quantitative estimate of drug-likeness (QED) is 0.218. The monoisotopic (exact) mass is 617 g/mol. The molecule has 44 heavy (non-hydrogen) atoms. The average molecular weight is 618 g/mol. The van der Waals surface area contributed by atoms with Crippen molar-refractivity contribution in [3.63, 3.8) is 0 Å². The van der Waals surface area contributed by atoms with Crippen LogP contribution in [0.4, 0.5) is 14.5 Å². The number of nitrogens with zero attached hydrogens (tertiary/aromatic N) is 4. The fraction of sp³-hybridized carbons (Fsp3) is 0.161. The molecule has 0 saturated heterocycles. The van der Waals surface area contributed by atoms with Crippen LogP contribution in [-0.2, 0) is 10.0 Å². The van der Waals surface area contributed by atoms with E-state index >= 15 is 0 Å². The largest absolute Gasteiger partial charge is 0.455 e. The second-order valence-electron chi connectivity index (χ2n) is 10.1. The summed E-state index contributed by atoms with van der Waals surface area (Å²) in [6.07, 6.45) is 0.900. The van der Waals surface area contributed by atoms with Crippen molar-refractivity contribution < 1.29 is 30.8 Å². The van der Waals surface area contributed by atoms with Gasteiger partial charge in [0.2, 0.25) is 15.9 Å². The van der Waals surface area contributed by atoms with Crippen molar-refractivity contribution >= 4 is 43.8 Å². The Labute approximate surface area is 250 Å². The molecule has 13 heteroatoms. The molecule has 10 nitrogen and oxygen atoms in total. The highest BCUT2D eigenvalue weighted by Crippen LogP contribution is 2.42. The summed E-state index contributed by atoms with van der Waals surface area (Å²) in [7, 11) is -2.73. The molecule has 0 unspecified atom stereocenters. The Bertz CT molecular complexity index is 2110. The zero-order valence-corrected chi connectivity index (χ0v) is 24.5. The normalized spacial score (nSPS) is 11.9. The third-order valence-corrected chi connectivity index (χ3v) is 8.14. The number of fused-ring (bicyclic) bond motifs is 2. The summed E-state index contributed by atoms with van der Waals surface area (Å²) < 4.78 is 66.0. The minimum absolute atomic E-state index is 0.100. The zero-order chi connectivity index (χ0) is 31.2. The number of oxazole rings is 1. The fourth-order valence-electron chi connectivity index (χ4n) is 4.94. The van der Waals surface area contributed by atoms with Gasteiger partial charge >= 0.3 is 0 Å². The Hall–Kier alpha value is -5.17. The van der Waals surface area contributed by atoms with Crippen LogP contribution in [0.1, 0.15) is 15.9 Å². The molecule has 0 aliphatic carbocycles. The van der Waals surface area contributed by atoms with Crippen LogP contribution >= 0.6 is 0 Å². The molecule has 0 atom stereocenters. The van der Waals surface area contributed by atoms with Crippen LogP contribution in [0.2, 0.25) is 0 Å². The summed E-state index contributed by atoms with van der Waals surface area (Å²) in [5.41, 5.74) is 3.54. The molecular weight excluding hydrogens is 592 g/mol. The van der Waals surface area contributed by atoms with Gasteiger partial charge in [-0.05, 0) is 37.3 Å². The number of aromatic nitrogens is 3. The van der Waals surface area contributed by atoms with E-state index in [-0.39, 0.29) is 39.7 Å². The number of aryl methyl sites for hydroxylation is 1. The second-order valence-corrected chi connectivity index (χ2v) is 12.0. The first-order valence-corrected chi connectivity index (χ1v) is 15.2. The van der Waals surface area contributed by atoms with Crippen LogP contribution < -0.4 is 9.62 Å². The predicted molar refractivity (Wildman–Crippen MR) is 162 cm³/mol. The number of halogens is 2. The third-order valence-electron chi connectivity index (χ3n) is 6.99. The Balaban J connectivity index is 1.63. The molecule has 0 spiro atoms. The third kappa shape index (κ3) is 5.37. The highest BCUT2D eigenvalue weighted by molar-refractivity contribution is 7.92. The minimum atomic E-state index is -4.21. The number of pyridine rings is 2. The lowest BCUT2D eigenvalue weighted by Crippen LogP contribution is -2.34. The molecule has 4 heterocycles. The lowest BCUT2D eigenvalue weighted by Gasteiger charge is -2.24. The van der Waals surface area contributed by atoms with Crippen molar-refractivity contribution in [3.8, 4) is 34.0 Å². The van der Waals surface area contributed by atoms with Crippen LogP contribution in [0.3, 0.4) is 0 Å². The lowest BCUT2D eigenvalue weighted by atomic mass is 9.99. The molecule has 1 N–H and O–H groups in total. The maximum Gasteiger partial charge on any atom is 0.257 e. The van der Waals surface area contributed by atoms with Gasteiger partial charge in [-0.1, -0.05) is 29.8 Å². The molecule has 0 radical (unpaired) electrons. The van der Waals surface area contributed by atoms with Gasteiger partial charge in [0.25, 0.3) is 12.3 Å². The van der Waals surface area contributed by atoms with Gasteiger partial charge in [-0.25, -0.2) is 22.2 Å². The molecule has 0 aliphatic heterocycles. The van der Waals surface area contributed by atoms with E-state index in [1.54, 1.807) is 42.6 Å². The van der Waals surface area contributed by atoms with E-state index in [1.807, 2.05) is 19.1 Å². The second kappa shape index (κ2) is 11.2. The van der Waals surface area contributed by atoms with Crippen LogP contribution in [0.25, 0.3) is 56.2 Å². The zero-order valence-electron chi connectivity index (χ0n) is 23.7. The minimum Gasteiger partial charge on any atom is -0.455 e. The molecule has 6 rings (SSSR count). The van der Waals surface area contributed by atoms with E-state index in [2.05, 4.69) is 20.3 Å². The number of hydrogen-bond donors (Lipinski definition) is 1.